The average Bonchev–Trinajstić information content (AvgIpc) is 3.30. The molecule has 0 aromatic heterocycles. The second kappa shape index (κ2) is 22.9. The van der Waals surface area contributed by atoms with Gasteiger partial charge in [-0.2, -0.15) is 0 Å². The number of esters is 7. The largest absolute Gasteiger partial charge is 0.497 e. The maximum Gasteiger partial charge on any atom is 0.373 e. The highest BCUT2D eigenvalue weighted by Gasteiger charge is 2.55. The van der Waals surface area contributed by atoms with Crippen LogP contribution in [0.15, 0.2) is 96.8 Å². The molecule has 0 bridgehead atoms. The van der Waals surface area contributed by atoms with Gasteiger partial charge in [0.25, 0.3) is 0 Å². The Morgan fingerprint density at radius 3 is 1.54 bits per heavy atom. The highest BCUT2D eigenvalue weighted by atomic mass is 16.8. The van der Waals surface area contributed by atoms with Gasteiger partial charge in [0.15, 0.2) is 36.8 Å². The van der Waals surface area contributed by atoms with Crippen LogP contribution in [-0.4, -0.2) is 137 Å². The van der Waals surface area contributed by atoms with E-state index < -0.39 is 128 Å². The Balaban J connectivity index is 1.43. The number of hydrogen-bond acceptors (Lipinski definition) is 21. The minimum atomic E-state index is -1.91. The number of methoxy groups -OCH3 is 2. The average molecular weight is 937 g/mol. The van der Waals surface area contributed by atoms with E-state index in [1.165, 1.54) is 31.4 Å². The predicted molar refractivity (Wildman–Crippen MR) is 221 cm³/mol. The summed E-state index contributed by atoms with van der Waals surface area (Å²) in [7, 11) is 2.53. The first kappa shape index (κ1) is 49.4. The Labute approximate surface area is 383 Å². The molecule has 358 valence electrons. The zero-order valence-corrected chi connectivity index (χ0v) is 37.0. The Hall–Kier alpha value is -7.07. The van der Waals surface area contributed by atoms with E-state index in [1.807, 2.05) is 0 Å². The van der Waals surface area contributed by atoms with Crippen LogP contribution in [0.25, 0.3) is 0 Å². The molecule has 0 aliphatic carbocycles. The summed E-state index contributed by atoms with van der Waals surface area (Å²) >= 11 is 0. The summed E-state index contributed by atoms with van der Waals surface area (Å²) in [5.41, 5.74) is 0.222. The number of carbonyl (C=O) groups is 7. The van der Waals surface area contributed by atoms with Gasteiger partial charge in [-0.25, -0.2) is 14.4 Å². The summed E-state index contributed by atoms with van der Waals surface area (Å²) in [5.74, 6) is -6.07. The van der Waals surface area contributed by atoms with E-state index in [0.717, 1.165) is 40.9 Å². The first-order valence-corrected chi connectivity index (χ1v) is 20.7. The van der Waals surface area contributed by atoms with Crippen molar-refractivity contribution in [1.82, 2.24) is 0 Å². The van der Waals surface area contributed by atoms with Crippen LogP contribution in [-0.2, 0) is 80.8 Å². The molecule has 0 saturated carbocycles. The second-order valence-electron chi connectivity index (χ2n) is 14.8. The normalized spacial score (nSPS) is 26.7. The van der Waals surface area contributed by atoms with Crippen LogP contribution < -0.4 is 9.47 Å². The van der Waals surface area contributed by atoms with Crippen LogP contribution in [0.2, 0.25) is 0 Å². The van der Waals surface area contributed by atoms with Crippen molar-refractivity contribution in [3.63, 3.8) is 0 Å². The van der Waals surface area contributed by atoms with Crippen molar-refractivity contribution >= 4 is 41.8 Å². The van der Waals surface area contributed by atoms with Crippen LogP contribution in [0.4, 0.5) is 0 Å². The standard InChI is InChI=1S/C46H48O21/c1-24(47)58-32-21-33(43(53)55-6)63-46(38(32)61-27(4)50)67-40-36(60-26(3)49)34(59-25(2)48)22-57-45(40)64-35-23-56-44(62-31-19-17-30(54-5)18-20-31)39(66-42(52)29-15-11-8-12-16-29)37(35)65-41(51)28-13-9-7-10-14-28/h7-21,32,34-40,44-46H,22-23H2,1-6H3/t32-,34+,35+,36-,37-,38+,39+,40+,44-,45-,46+/m0/s1. The molecule has 2 saturated heterocycles. The smallest absolute Gasteiger partial charge is 0.373 e. The van der Waals surface area contributed by atoms with Crippen LogP contribution in [0.3, 0.4) is 0 Å². The summed E-state index contributed by atoms with van der Waals surface area (Å²) in [4.78, 5) is 90.6. The topological polar surface area (TPSA) is 249 Å². The van der Waals surface area contributed by atoms with Gasteiger partial charge >= 0.3 is 41.8 Å². The van der Waals surface area contributed by atoms with E-state index in [1.54, 1.807) is 60.7 Å². The molecule has 6 rings (SSSR count). The Morgan fingerprint density at radius 1 is 0.478 bits per heavy atom. The third kappa shape index (κ3) is 13.1. The molecule has 0 N–H and O–H groups in total. The lowest BCUT2D eigenvalue weighted by atomic mass is 10.0. The van der Waals surface area contributed by atoms with Crippen LogP contribution in [0.5, 0.6) is 11.5 Å². The Kier molecular flexibility index (Phi) is 16.9. The molecular weight excluding hydrogens is 888 g/mol. The molecule has 0 spiro atoms. The molecular formula is C46H48O21. The van der Waals surface area contributed by atoms with E-state index in [4.69, 9.17) is 66.3 Å². The molecule has 11 atom stereocenters. The molecule has 0 unspecified atom stereocenters. The summed E-state index contributed by atoms with van der Waals surface area (Å²) in [6.07, 6.45) is -16.7. The van der Waals surface area contributed by atoms with E-state index in [2.05, 4.69) is 0 Å². The molecule has 3 aliphatic heterocycles. The van der Waals surface area contributed by atoms with E-state index in [0.29, 0.717) is 5.75 Å². The molecule has 2 fully saturated rings. The van der Waals surface area contributed by atoms with E-state index in [9.17, 15) is 33.6 Å². The van der Waals surface area contributed by atoms with Crippen LogP contribution in [0, 0.1) is 0 Å². The highest BCUT2D eigenvalue weighted by molar-refractivity contribution is 5.90. The van der Waals surface area contributed by atoms with Crippen molar-refractivity contribution < 1.29 is 99.9 Å². The summed E-state index contributed by atoms with van der Waals surface area (Å²) in [6.45, 7) is 3.29. The zero-order valence-electron chi connectivity index (χ0n) is 37.0. The summed E-state index contributed by atoms with van der Waals surface area (Å²) in [5, 5.41) is 0. The van der Waals surface area contributed by atoms with Gasteiger partial charge in [0.1, 0.15) is 17.6 Å². The number of rotatable bonds is 16. The van der Waals surface area contributed by atoms with Gasteiger partial charge in [-0.05, 0) is 48.5 Å². The van der Waals surface area contributed by atoms with Gasteiger partial charge in [0, 0.05) is 33.8 Å². The number of benzene rings is 3. The van der Waals surface area contributed by atoms with Gasteiger partial charge in [-0.15, -0.1) is 0 Å². The minimum Gasteiger partial charge on any atom is -0.497 e. The first-order valence-electron chi connectivity index (χ1n) is 20.7. The highest BCUT2D eigenvalue weighted by Crippen LogP contribution is 2.35. The van der Waals surface area contributed by atoms with Crippen molar-refractivity contribution in [2.75, 3.05) is 27.4 Å². The minimum absolute atomic E-state index is 0.102. The molecule has 0 amide bonds. The maximum absolute atomic E-state index is 14.0. The van der Waals surface area contributed by atoms with Gasteiger partial charge < -0.3 is 66.3 Å². The fraction of sp³-hybridized carbons (Fsp3) is 0.413. The van der Waals surface area contributed by atoms with Gasteiger partial charge in [0.05, 0.1) is 38.6 Å². The SMILES string of the molecule is COC(=O)C1=C[C@H](OC(C)=O)[C@@H](OC(C)=O)[C@@H](O[C@H]2[C@H](O[C@@H]3CO[C@@H](Oc4ccc(OC)cc4)[C@H](OC(=O)c4ccccc4)[C@H]3OC(=O)c3ccccc3)OC[C@@H](OC(C)=O)[C@@H]2OC(C)=O)O1. The van der Waals surface area contributed by atoms with Crippen LogP contribution >= 0.6 is 0 Å². The van der Waals surface area contributed by atoms with Crippen molar-refractivity contribution in [2.45, 2.75) is 95.4 Å². The monoisotopic (exact) mass is 936 g/mol. The molecule has 21 nitrogen and oxygen atoms in total. The van der Waals surface area contributed by atoms with Crippen molar-refractivity contribution in [2.24, 2.45) is 0 Å². The number of carbonyl (C=O) groups excluding carboxylic acids is 7. The summed E-state index contributed by atoms with van der Waals surface area (Å²) in [6, 6.07) is 22.2. The van der Waals surface area contributed by atoms with Crippen molar-refractivity contribution in [3.8, 4) is 11.5 Å². The van der Waals surface area contributed by atoms with E-state index in [-0.39, 0.29) is 16.9 Å². The fourth-order valence-corrected chi connectivity index (χ4v) is 7.09. The number of ether oxygens (including phenoxy) is 14. The van der Waals surface area contributed by atoms with Gasteiger partial charge in [0.2, 0.25) is 30.5 Å². The molecule has 0 radical (unpaired) electrons. The lowest BCUT2D eigenvalue weighted by Crippen LogP contribution is -2.64. The van der Waals surface area contributed by atoms with Gasteiger partial charge in [-0.3, -0.25) is 19.2 Å². The lowest BCUT2D eigenvalue weighted by molar-refractivity contribution is -0.349. The van der Waals surface area contributed by atoms with E-state index >= 15 is 0 Å². The van der Waals surface area contributed by atoms with Gasteiger partial charge in [-0.1, -0.05) is 36.4 Å². The third-order valence-electron chi connectivity index (χ3n) is 9.94. The third-order valence-corrected chi connectivity index (χ3v) is 9.94. The van der Waals surface area contributed by atoms with Crippen molar-refractivity contribution in [1.29, 1.82) is 0 Å². The Morgan fingerprint density at radius 2 is 0.985 bits per heavy atom. The lowest BCUT2D eigenvalue weighted by Gasteiger charge is -2.46. The fourth-order valence-electron chi connectivity index (χ4n) is 7.09. The zero-order chi connectivity index (χ0) is 48.2. The second-order valence-corrected chi connectivity index (χ2v) is 14.8. The molecule has 3 aliphatic rings. The van der Waals surface area contributed by atoms with Crippen LogP contribution in [0.1, 0.15) is 48.4 Å². The maximum atomic E-state index is 14.0. The first-order chi connectivity index (χ1) is 32.1. The molecule has 67 heavy (non-hydrogen) atoms. The predicted octanol–water partition coefficient (Wildman–Crippen LogP) is 3.15. The van der Waals surface area contributed by atoms with Crippen molar-refractivity contribution in [3.05, 3.63) is 108 Å². The molecule has 21 heteroatoms. The molecule has 3 aromatic rings. The quantitative estimate of drug-likeness (QED) is 0.148. The number of hydrogen-bond donors (Lipinski definition) is 0. The Bertz CT molecular complexity index is 2250. The molecule has 3 heterocycles. The molecule has 3 aromatic carbocycles. The summed E-state index contributed by atoms with van der Waals surface area (Å²) < 4.78 is 81.7.